The molecular weight excluding hydrogens is 180 g/mol. The number of rotatable bonds is 3. The molecule has 0 bridgehead atoms. The second-order valence-electron chi connectivity index (χ2n) is 2.91. The molecule has 0 radical (unpaired) electrons. The molecule has 0 aliphatic carbocycles. The molecule has 0 saturated heterocycles. The first-order chi connectivity index (χ1) is 6.69. The smallest absolute Gasteiger partial charge is 0.139 e. The molecule has 0 heterocycles. The van der Waals surface area contributed by atoms with Crippen LogP contribution in [0.1, 0.15) is 11.1 Å². The maximum absolute atomic E-state index is 9.48. The number of benzene rings is 1. The van der Waals surface area contributed by atoms with Gasteiger partial charge in [-0.1, -0.05) is 0 Å². The zero-order valence-electron chi connectivity index (χ0n) is 8.03. The van der Waals surface area contributed by atoms with Gasteiger partial charge in [-0.2, -0.15) is 0 Å². The van der Waals surface area contributed by atoms with Crippen molar-refractivity contribution < 1.29 is 9.84 Å². The van der Waals surface area contributed by atoms with Crippen molar-refractivity contribution in [1.82, 2.24) is 0 Å². The Bertz CT molecular complexity index is 348. The van der Waals surface area contributed by atoms with Crippen LogP contribution in [-0.2, 0) is 11.3 Å². The van der Waals surface area contributed by atoms with Crippen LogP contribution in [0, 0.1) is 0 Å². The Kier molecular flexibility index (Phi) is 3.36. The van der Waals surface area contributed by atoms with E-state index in [1.54, 1.807) is 19.3 Å². The van der Waals surface area contributed by atoms with Crippen LogP contribution >= 0.6 is 0 Å². The van der Waals surface area contributed by atoms with E-state index in [0.717, 1.165) is 5.56 Å². The average molecular weight is 194 g/mol. The largest absolute Gasteiger partial charge is 0.506 e. The van der Waals surface area contributed by atoms with Crippen molar-refractivity contribution in [3.05, 3.63) is 29.5 Å². The second-order valence-corrected chi connectivity index (χ2v) is 2.91. The van der Waals surface area contributed by atoms with Crippen molar-refractivity contribution in [3.8, 4) is 5.75 Å². The summed E-state index contributed by atoms with van der Waals surface area (Å²) in [5, 5.41) is 9.48. The first-order valence-electron chi connectivity index (χ1n) is 4.17. The quantitative estimate of drug-likeness (QED) is 0.496. The average Bonchev–Trinajstić information content (AvgIpc) is 2.14. The highest BCUT2D eigenvalue weighted by Crippen LogP contribution is 2.27. The summed E-state index contributed by atoms with van der Waals surface area (Å²) in [5.41, 5.74) is 12.8. The van der Waals surface area contributed by atoms with Crippen molar-refractivity contribution in [2.45, 2.75) is 6.61 Å². The molecule has 1 rings (SSSR count). The summed E-state index contributed by atoms with van der Waals surface area (Å²) in [6.07, 6.45) is 3.01. The maximum atomic E-state index is 9.48. The van der Waals surface area contributed by atoms with Crippen LogP contribution in [0.3, 0.4) is 0 Å². The molecule has 4 nitrogen and oxygen atoms in total. The molecular formula is C10H14N2O2. The topological polar surface area (TPSA) is 81.5 Å². The highest BCUT2D eigenvalue weighted by Gasteiger charge is 2.04. The summed E-state index contributed by atoms with van der Waals surface area (Å²) in [4.78, 5) is 0. The molecule has 0 saturated carbocycles. The lowest BCUT2D eigenvalue weighted by molar-refractivity contribution is 0.184. The Hall–Kier alpha value is -1.68. The second kappa shape index (κ2) is 4.53. The van der Waals surface area contributed by atoms with Crippen LogP contribution < -0.4 is 11.5 Å². The highest BCUT2D eigenvalue weighted by atomic mass is 16.5. The number of ether oxygens (including phenoxy) is 1. The van der Waals surface area contributed by atoms with E-state index in [0.29, 0.717) is 17.9 Å². The number of hydrogen-bond acceptors (Lipinski definition) is 4. The summed E-state index contributed by atoms with van der Waals surface area (Å²) in [5.74, 6) is 0.0488. The third-order valence-corrected chi connectivity index (χ3v) is 1.84. The van der Waals surface area contributed by atoms with E-state index >= 15 is 0 Å². The van der Waals surface area contributed by atoms with E-state index in [1.165, 1.54) is 6.20 Å². The molecule has 0 unspecified atom stereocenters. The molecule has 0 spiro atoms. The normalized spacial score (nSPS) is 10.9. The van der Waals surface area contributed by atoms with Gasteiger partial charge in [0.1, 0.15) is 5.75 Å². The Morgan fingerprint density at radius 1 is 1.50 bits per heavy atom. The monoisotopic (exact) mass is 194 g/mol. The van der Waals surface area contributed by atoms with E-state index < -0.39 is 0 Å². The van der Waals surface area contributed by atoms with E-state index in [1.807, 2.05) is 6.07 Å². The fourth-order valence-corrected chi connectivity index (χ4v) is 1.21. The van der Waals surface area contributed by atoms with Crippen molar-refractivity contribution in [2.24, 2.45) is 5.73 Å². The van der Waals surface area contributed by atoms with E-state index in [-0.39, 0.29) is 5.75 Å². The van der Waals surface area contributed by atoms with E-state index in [4.69, 9.17) is 16.2 Å². The molecule has 0 atom stereocenters. The van der Waals surface area contributed by atoms with Gasteiger partial charge in [-0.25, -0.2) is 0 Å². The van der Waals surface area contributed by atoms with Crippen molar-refractivity contribution in [3.63, 3.8) is 0 Å². The fourth-order valence-electron chi connectivity index (χ4n) is 1.21. The van der Waals surface area contributed by atoms with Crippen LogP contribution in [0.25, 0.3) is 6.08 Å². The predicted octanol–water partition coefficient (Wildman–Crippen LogP) is 1.05. The van der Waals surface area contributed by atoms with Gasteiger partial charge >= 0.3 is 0 Å². The first-order valence-corrected chi connectivity index (χ1v) is 4.17. The molecule has 1 aromatic rings. The lowest BCUT2D eigenvalue weighted by atomic mass is 10.1. The van der Waals surface area contributed by atoms with Gasteiger partial charge in [0.2, 0.25) is 0 Å². The Balaban J connectivity index is 3.14. The van der Waals surface area contributed by atoms with Crippen LogP contribution in [0.2, 0.25) is 0 Å². The summed E-state index contributed by atoms with van der Waals surface area (Å²) in [7, 11) is 1.59. The zero-order chi connectivity index (χ0) is 10.6. The summed E-state index contributed by atoms with van der Waals surface area (Å²) in [6, 6.07) is 3.40. The number of phenolic OH excluding ortho intramolecular Hbond substituents is 1. The highest BCUT2D eigenvalue weighted by molar-refractivity contribution is 5.70. The molecule has 0 amide bonds. The van der Waals surface area contributed by atoms with Gasteiger partial charge in [0.05, 0.1) is 12.3 Å². The van der Waals surface area contributed by atoms with Crippen molar-refractivity contribution >= 4 is 11.8 Å². The number of nitrogen functional groups attached to an aromatic ring is 1. The molecule has 0 aliphatic rings. The minimum absolute atomic E-state index is 0.0488. The number of nitrogens with two attached hydrogens (primary N) is 2. The van der Waals surface area contributed by atoms with Gasteiger partial charge in [-0.05, 0) is 30.0 Å². The third kappa shape index (κ3) is 2.17. The molecule has 76 valence electrons. The van der Waals surface area contributed by atoms with Gasteiger partial charge in [0.25, 0.3) is 0 Å². The van der Waals surface area contributed by atoms with Crippen LogP contribution in [0.15, 0.2) is 18.3 Å². The maximum Gasteiger partial charge on any atom is 0.139 e. The predicted molar refractivity (Wildman–Crippen MR) is 56.5 cm³/mol. The zero-order valence-corrected chi connectivity index (χ0v) is 8.03. The van der Waals surface area contributed by atoms with Crippen molar-refractivity contribution in [1.29, 1.82) is 0 Å². The minimum Gasteiger partial charge on any atom is -0.506 e. The molecule has 14 heavy (non-hydrogen) atoms. The van der Waals surface area contributed by atoms with Gasteiger partial charge < -0.3 is 21.3 Å². The van der Waals surface area contributed by atoms with Crippen molar-refractivity contribution in [2.75, 3.05) is 12.8 Å². The molecule has 5 N–H and O–H groups in total. The van der Waals surface area contributed by atoms with E-state index in [9.17, 15) is 5.11 Å². The number of anilines is 1. The molecule has 0 aliphatic heterocycles. The van der Waals surface area contributed by atoms with Gasteiger partial charge in [-0.15, -0.1) is 0 Å². The number of aromatic hydroxyl groups is 1. The minimum atomic E-state index is 0.0488. The number of methoxy groups -OCH3 is 1. The lowest BCUT2D eigenvalue weighted by Gasteiger charge is -2.07. The Labute approximate surface area is 82.8 Å². The fraction of sp³-hybridized carbons (Fsp3) is 0.200. The van der Waals surface area contributed by atoms with Gasteiger partial charge in [0.15, 0.2) is 0 Å². The summed E-state index contributed by atoms with van der Waals surface area (Å²) in [6.45, 7) is 0.430. The molecule has 0 fully saturated rings. The first kappa shape index (κ1) is 10.4. The summed E-state index contributed by atoms with van der Waals surface area (Å²) < 4.78 is 4.95. The van der Waals surface area contributed by atoms with Gasteiger partial charge in [0, 0.05) is 12.7 Å². The standard InChI is InChI=1S/C10H14N2O2/c1-14-6-7-4-8(2-3-11)10(12)9(13)5-7/h2-5,13H,6,11-12H2,1H3/b3-2-. The Morgan fingerprint density at radius 2 is 2.21 bits per heavy atom. The molecule has 1 aromatic carbocycles. The molecule has 0 aromatic heterocycles. The van der Waals surface area contributed by atoms with Crippen LogP contribution in [0.4, 0.5) is 5.69 Å². The SMILES string of the molecule is COCc1cc(O)c(N)c(/C=C\N)c1. The molecule has 4 heteroatoms. The van der Waals surface area contributed by atoms with E-state index in [2.05, 4.69) is 0 Å². The van der Waals surface area contributed by atoms with Gasteiger partial charge in [-0.3, -0.25) is 0 Å². The van der Waals surface area contributed by atoms with Crippen LogP contribution in [-0.4, -0.2) is 12.2 Å². The number of hydrogen-bond donors (Lipinski definition) is 3. The third-order valence-electron chi connectivity index (χ3n) is 1.84. The lowest BCUT2D eigenvalue weighted by Crippen LogP contribution is -1.95. The summed E-state index contributed by atoms with van der Waals surface area (Å²) >= 11 is 0. The van der Waals surface area contributed by atoms with Crippen LogP contribution in [0.5, 0.6) is 5.75 Å². The number of phenols is 1. The Morgan fingerprint density at radius 3 is 2.79 bits per heavy atom.